The van der Waals surface area contributed by atoms with Gasteiger partial charge in [-0.1, -0.05) is 0 Å². The molecule has 2 saturated heterocycles. The summed E-state index contributed by atoms with van der Waals surface area (Å²) in [6, 6.07) is 4.84. The van der Waals surface area contributed by atoms with Crippen molar-refractivity contribution < 1.29 is 14.5 Å². The molecule has 0 spiro atoms. The van der Waals surface area contributed by atoms with Crippen LogP contribution in [0.15, 0.2) is 18.2 Å². The van der Waals surface area contributed by atoms with Gasteiger partial charge in [0.2, 0.25) is 0 Å². The van der Waals surface area contributed by atoms with E-state index >= 15 is 0 Å². The van der Waals surface area contributed by atoms with Crippen LogP contribution in [-0.2, 0) is 4.74 Å². The van der Waals surface area contributed by atoms with Gasteiger partial charge in [0.15, 0.2) is 0 Å². The average molecular weight is 347 g/mol. The lowest BCUT2D eigenvalue weighted by molar-refractivity contribution is -0.384. The van der Waals surface area contributed by atoms with Crippen LogP contribution in [0.4, 0.5) is 11.4 Å². The van der Waals surface area contributed by atoms with E-state index in [-0.39, 0.29) is 17.7 Å². The quantitative estimate of drug-likeness (QED) is 0.621. The highest BCUT2D eigenvalue weighted by Crippen LogP contribution is 2.32. The van der Waals surface area contributed by atoms with Crippen LogP contribution in [0.3, 0.4) is 0 Å². The number of carbonyl (C=O) groups excluding carboxylic acids is 1. The van der Waals surface area contributed by atoms with Crippen molar-refractivity contribution in [3.63, 3.8) is 0 Å². The maximum Gasteiger partial charge on any atom is 0.293 e. The van der Waals surface area contributed by atoms with Crippen LogP contribution in [0.2, 0.25) is 0 Å². The van der Waals surface area contributed by atoms with E-state index in [9.17, 15) is 14.9 Å². The van der Waals surface area contributed by atoms with Crippen LogP contribution in [0.5, 0.6) is 0 Å². The van der Waals surface area contributed by atoms with E-state index in [0.29, 0.717) is 24.3 Å². The first-order valence-electron chi connectivity index (χ1n) is 8.77. The molecule has 25 heavy (non-hydrogen) atoms. The summed E-state index contributed by atoms with van der Waals surface area (Å²) >= 11 is 0. The first kappa shape index (κ1) is 17.7. The summed E-state index contributed by atoms with van der Waals surface area (Å²) in [4.78, 5) is 27.7. The van der Waals surface area contributed by atoms with Gasteiger partial charge in [0.25, 0.3) is 11.6 Å². The van der Waals surface area contributed by atoms with Crippen molar-refractivity contribution in [3.8, 4) is 0 Å². The largest absolute Gasteiger partial charge is 0.369 e. The van der Waals surface area contributed by atoms with Crippen molar-refractivity contribution in [3.05, 3.63) is 33.9 Å². The molecule has 136 valence electrons. The Morgan fingerprint density at radius 1 is 1.32 bits per heavy atom. The topological polar surface area (TPSA) is 75.9 Å². The Morgan fingerprint density at radius 3 is 2.60 bits per heavy atom. The average Bonchev–Trinajstić information content (AvgIpc) is 3.05. The second-order valence-electron chi connectivity index (χ2n) is 7.53. The number of anilines is 1. The maximum absolute atomic E-state index is 12.9. The third-order valence-electron chi connectivity index (χ3n) is 4.72. The molecule has 1 atom stereocenters. The Hall–Kier alpha value is -2.15. The molecule has 7 heteroatoms. The Bertz CT molecular complexity index is 683. The van der Waals surface area contributed by atoms with Crippen LogP contribution in [0, 0.1) is 10.1 Å². The van der Waals surface area contributed by atoms with Gasteiger partial charge in [-0.25, -0.2) is 0 Å². The zero-order valence-electron chi connectivity index (χ0n) is 15.0. The number of morpholine rings is 1. The predicted molar refractivity (Wildman–Crippen MR) is 95.1 cm³/mol. The van der Waals surface area contributed by atoms with E-state index in [1.54, 1.807) is 17.0 Å². The molecule has 0 saturated carbocycles. The summed E-state index contributed by atoms with van der Waals surface area (Å²) in [7, 11) is 0. The molecule has 2 heterocycles. The Balaban J connectivity index is 1.88. The fourth-order valence-corrected chi connectivity index (χ4v) is 3.82. The molecule has 0 bridgehead atoms. The van der Waals surface area contributed by atoms with Crippen LogP contribution < -0.4 is 4.90 Å². The Labute approximate surface area is 147 Å². The molecular weight excluding hydrogens is 322 g/mol. The second kappa shape index (κ2) is 6.63. The minimum Gasteiger partial charge on any atom is -0.369 e. The van der Waals surface area contributed by atoms with Gasteiger partial charge >= 0.3 is 0 Å². The molecule has 2 aliphatic rings. The Kier molecular flexibility index (Phi) is 4.69. The highest BCUT2D eigenvalue weighted by atomic mass is 16.6. The minimum atomic E-state index is -0.422. The SMILES string of the molecule is CC1CN(C(=O)c2ccc(N3CCCC3)c([N+](=O)[O-])c2)CC(C)(C)O1. The van der Waals surface area contributed by atoms with E-state index in [2.05, 4.69) is 0 Å². The van der Waals surface area contributed by atoms with Gasteiger partial charge in [-0.05, 0) is 45.7 Å². The zero-order chi connectivity index (χ0) is 18.2. The van der Waals surface area contributed by atoms with E-state index < -0.39 is 10.5 Å². The third-order valence-corrected chi connectivity index (χ3v) is 4.72. The molecule has 1 amide bonds. The maximum atomic E-state index is 12.9. The minimum absolute atomic E-state index is 0.00770. The molecule has 1 aromatic carbocycles. The van der Waals surface area contributed by atoms with Gasteiger partial charge < -0.3 is 14.5 Å². The molecule has 2 aliphatic heterocycles. The molecule has 0 aliphatic carbocycles. The van der Waals surface area contributed by atoms with E-state index in [1.165, 1.54) is 6.07 Å². The molecule has 2 fully saturated rings. The van der Waals surface area contributed by atoms with Gasteiger partial charge in [0, 0.05) is 37.8 Å². The highest BCUT2D eigenvalue weighted by molar-refractivity contribution is 5.96. The number of nitro groups is 1. The number of nitrogens with zero attached hydrogens (tertiary/aromatic N) is 3. The van der Waals surface area contributed by atoms with Crippen molar-refractivity contribution >= 4 is 17.3 Å². The lowest BCUT2D eigenvalue weighted by Crippen LogP contribution is -2.53. The normalized spacial score (nSPS) is 22.9. The highest BCUT2D eigenvalue weighted by Gasteiger charge is 2.34. The van der Waals surface area contributed by atoms with E-state index in [4.69, 9.17) is 4.74 Å². The molecule has 1 aromatic rings. The summed E-state index contributed by atoms with van der Waals surface area (Å²) in [5.74, 6) is -0.181. The first-order valence-corrected chi connectivity index (χ1v) is 8.77. The molecule has 3 rings (SSSR count). The van der Waals surface area contributed by atoms with E-state index in [1.807, 2.05) is 25.7 Å². The smallest absolute Gasteiger partial charge is 0.293 e. The molecule has 0 aromatic heterocycles. The number of rotatable bonds is 3. The zero-order valence-corrected chi connectivity index (χ0v) is 15.0. The van der Waals surface area contributed by atoms with Gasteiger partial charge in [0.1, 0.15) is 5.69 Å². The molecule has 7 nitrogen and oxygen atoms in total. The van der Waals surface area contributed by atoms with Crippen LogP contribution in [-0.4, -0.2) is 53.6 Å². The number of hydrogen-bond acceptors (Lipinski definition) is 5. The van der Waals surface area contributed by atoms with Crippen molar-refractivity contribution in [2.75, 3.05) is 31.1 Å². The summed E-state index contributed by atoms with van der Waals surface area (Å²) in [5.41, 5.74) is 0.553. The van der Waals surface area contributed by atoms with Crippen LogP contribution in [0.1, 0.15) is 44.0 Å². The fraction of sp³-hybridized carbons (Fsp3) is 0.611. The summed E-state index contributed by atoms with van der Waals surface area (Å²) < 4.78 is 5.83. The van der Waals surface area contributed by atoms with Crippen LogP contribution in [0.25, 0.3) is 0 Å². The van der Waals surface area contributed by atoms with Gasteiger partial charge in [-0.15, -0.1) is 0 Å². The van der Waals surface area contributed by atoms with Crippen LogP contribution >= 0.6 is 0 Å². The fourth-order valence-electron chi connectivity index (χ4n) is 3.82. The lowest BCUT2D eigenvalue weighted by Gasteiger charge is -2.41. The summed E-state index contributed by atoms with van der Waals surface area (Å²) in [5, 5.41) is 11.5. The predicted octanol–water partition coefficient (Wildman–Crippen LogP) is 2.83. The number of carbonyl (C=O) groups is 1. The standard InChI is InChI=1S/C18H25N3O4/c1-13-11-20(12-18(2,3)25-13)17(22)14-6-7-15(16(10-14)21(23)24)19-8-4-5-9-19/h6-7,10,13H,4-5,8-9,11-12H2,1-3H3. The van der Waals surface area contributed by atoms with Crippen molar-refractivity contribution in [1.82, 2.24) is 4.90 Å². The molecule has 0 N–H and O–H groups in total. The second-order valence-corrected chi connectivity index (χ2v) is 7.53. The van der Waals surface area contributed by atoms with Crippen molar-refractivity contribution in [1.29, 1.82) is 0 Å². The molecule has 1 unspecified atom stereocenters. The summed E-state index contributed by atoms with van der Waals surface area (Å²) in [6.45, 7) is 8.43. The molecule has 0 radical (unpaired) electrons. The van der Waals surface area contributed by atoms with Gasteiger partial charge in [0.05, 0.1) is 16.6 Å². The monoisotopic (exact) mass is 347 g/mol. The molecular formula is C18H25N3O4. The third kappa shape index (κ3) is 3.76. The van der Waals surface area contributed by atoms with E-state index in [0.717, 1.165) is 25.9 Å². The number of amides is 1. The number of nitro benzene ring substituents is 1. The number of benzene rings is 1. The Morgan fingerprint density at radius 2 is 2.00 bits per heavy atom. The van der Waals surface area contributed by atoms with Crippen molar-refractivity contribution in [2.24, 2.45) is 0 Å². The van der Waals surface area contributed by atoms with Gasteiger partial charge in [-0.2, -0.15) is 0 Å². The van der Waals surface area contributed by atoms with Gasteiger partial charge in [-0.3, -0.25) is 14.9 Å². The lowest BCUT2D eigenvalue weighted by atomic mass is 10.0. The first-order chi connectivity index (χ1) is 11.8. The van der Waals surface area contributed by atoms with Crippen molar-refractivity contribution in [2.45, 2.75) is 45.3 Å². The number of ether oxygens (including phenoxy) is 1. The summed E-state index contributed by atoms with van der Waals surface area (Å²) in [6.07, 6.45) is 2.02. The number of hydrogen-bond donors (Lipinski definition) is 0.